The molecule has 0 N–H and O–H groups in total. The number of likely N-dealkylation sites (tertiary alicyclic amines) is 1. The third kappa shape index (κ3) is 5.11. The maximum absolute atomic E-state index is 6.06. The minimum atomic E-state index is 0.552. The van der Waals surface area contributed by atoms with Crippen molar-refractivity contribution in [2.24, 2.45) is 5.92 Å². The number of benzene rings is 2. The predicted octanol–water partition coefficient (Wildman–Crippen LogP) is 5.11. The van der Waals surface area contributed by atoms with Crippen LogP contribution in [0.15, 0.2) is 42.5 Å². The minimum Gasteiger partial charge on any atom is -0.493 e. The fourth-order valence-corrected chi connectivity index (χ4v) is 4.24. The Morgan fingerprint density at radius 3 is 2.68 bits per heavy atom. The summed E-state index contributed by atoms with van der Waals surface area (Å²) in [5, 5.41) is 0. The van der Waals surface area contributed by atoms with Crippen LogP contribution in [0.2, 0.25) is 0 Å². The van der Waals surface area contributed by atoms with E-state index in [9.17, 15) is 0 Å². The largest absolute Gasteiger partial charge is 0.493 e. The highest BCUT2D eigenvalue weighted by molar-refractivity contribution is 14.1. The quantitative estimate of drug-likeness (QED) is 0.570. The van der Waals surface area contributed by atoms with Crippen molar-refractivity contribution in [2.75, 3.05) is 20.2 Å². The first-order valence-corrected chi connectivity index (χ1v) is 9.99. The van der Waals surface area contributed by atoms with E-state index in [1.54, 1.807) is 7.11 Å². The summed E-state index contributed by atoms with van der Waals surface area (Å²) < 4.78 is 12.8. The maximum Gasteiger partial charge on any atom is 0.174 e. The molecule has 0 aliphatic carbocycles. The summed E-state index contributed by atoms with van der Waals surface area (Å²) in [7, 11) is 1.72. The highest BCUT2D eigenvalue weighted by Gasteiger charge is 2.18. The maximum atomic E-state index is 6.06. The minimum absolute atomic E-state index is 0.552. The molecule has 0 aromatic heterocycles. The molecule has 134 valence electrons. The van der Waals surface area contributed by atoms with Gasteiger partial charge in [0.25, 0.3) is 0 Å². The second kappa shape index (κ2) is 8.90. The molecule has 0 saturated carbocycles. The fourth-order valence-electron chi connectivity index (χ4n) is 3.42. The van der Waals surface area contributed by atoms with Gasteiger partial charge in [0.1, 0.15) is 6.61 Å². The first-order valence-electron chi connectivity index (χ1n) is 8.91. The van der Waals surface area contributed by atoms with Gasteiger partial charge >= 0.3 is 0 Å². The second-order valence-electron chi connectivity index (χ2n) is 6.87. The van der Waals surface area contributed by atoms with Crippen LogP contribution in [0.1, 0.15) is 30.9 Å². The van der Waals surface area contributed by atoms with Gasteiger partial charge in [-0.2, -0.15) is 0 Å². The van der Waals surface area contributed by atoms with Gasteiger partial charge in [0.15, 0.2) is 11.5 Å². The molecule has 1 saturated heterocycles. The zero-order valence-corrected chi connectivity index (χ0v) is 17.2. The van der Waals surface area contributed by atoms with Crippen LogP contribution in [0.5, 0.6) is 11.5 Å². The smallest absolute Gasteiger partial charge is 0.174 e. The Balaban J connectivity index is 1.71. The van der Waals surface area contributed by atoms with E-state index >= 15 is 0 Å². The van der Waals surface area contributed by atoms with Gasteiger partial charge in [-0.15, -0.1) is 0 Å². The van der Waals surface area contributed by atoms with Crippen LogP contribution in [0.25, 0.3) is 0 Å². The number of nitrogens with zero attached hydrogens (tertiary/aromatic N) is 1. The molecule has 4 heteroatoms. The van der Waals surface area contributed by atoms with Crippen molar-refractivity contribution >= 4 is 22.6 Å². The summed E-state index contributed by atoms with van der Waals surface area (Å²) in [5.41, 5.74) is 2.45. The molecule has 2 aromatic rings. The Morgan fingerprint density at radius 2 is 1.96 bits per heavy atom. The van der Waals surface area contributed by atoms with Crippen molar-refractivity contribution in [3.05, 3.63) is 57.2 Å². The van der Waals surface area contributed by atoms with E-state index in [1.807, 2.05) is 18.2 Å². The summed E-state index contributed by atoms with van der Waals surface area (Å²) in [5.74, 6) is 2.45. The Labute approximate surface area is 164 Å². The van der Waals surface area contributed by atoms with Crippen molar-refractivity contribution in [2.45, 2.75) is 32.9 Å². The zero-order valence-electron chi connectivity index (χ0n) is 15.0. The summed E-state index contributed by atoms with van der Waals surface area (Å²) in [6.07, 6.45) is 2.65. The summed E-state index contributed by atoms with van der Waals surface area (Å²) in [6.45, 7) is 6.25. The molecule has 0 bridgehead atoms. The fraction of sp³-hybridized carbons (Fsp3) is 0.429. The number of methoxy groups -OCH3 is 1. The van der Waals surface area contributed by atoms with Gasteiger partial charge in [-0.1, -0.05) is 37.3 Å². The molecular weight excluding hydrogens is 425 g/mol. The highest BCUT2D eigenvalue weighted by Crippen LogP contribution is 2.35. The van der Waals surface area contributed by atoms with Gasteiger partial charge in [-0.05, 0) is 71.2 Å². The Hall–Kier alpha value is -1.27. The molecule has 0 radical (unpaired) electrons. The third-order valence-electron chi connectivity index (χ3n) is 4.66. The normalized spacial score (nSPS) is 18.1. The van der Waals surface area contributed by atoms with Crippen molar-refractivity contribution in [1.82, 2.24) is 4.90 Å². The van der Waals surface area contributed by atoms with Gasteiger partial charge in [-0.3, -0.25) is 4.90 Å². The lowest BCUT2D eigenvalue weighted by molar-refractivity contribution is 0.176. The number of rotatable bonds is 6. The first kappa shape index (κ1) is 18.5. The van der Waals surface area contributed by atoms with E-state index in [1.165, 1.54) is 31.5 Å². The molecule has 25 heavy (non-hydrogen) atoms. The van der Waals surface area contributed by atoms with Crippen molar-refractivity contribution in [1.29, 1.82) is 0 Å². The van der Waals surface area contributed by atoms with Gasteiger partial charge in [-0.25, -0.2) is 0 Å². The van der Waals surface area contributed by atoms with E-state index in [2.05, 4.69) is 58.7 Å². The van der Waals surface area contributed by atoms with Crippen LogP contribution < -0.4 is 9.47 Å². The van der Waals surface area contributed by atoms with Crippen molar-refractivity contribution in [3.63, 3.8) is 0 Å². The van der Waals surface area contributed by atoms with Crippen LogP contribution in [0, 0.1) is 9.49 Å². The van der Waals surface area contributed by atoms with Crippen molar-refractivity contribution < 1.29 is 9.47 Å². The lowest BCUT2D eigenvalue weighted by Crippen LogP contribution is -2.33. The second-order valence-corrected chi connectivity index (χ2v) is 8.03. The van der Waals surface area contributed by atoms with E-state index < -0.39 is 0 Å². The third-order valence-corrected chi connectivity index (χ3v) is 5.46. The highest BCUT2D eigenvalue weighted by atomic mass is 127. The standard InChI is InChI=1S/C21H26INO2/c1-16-7-6-10-23(13-16)14-18-11-19(22)21(20(12-18)24-2)25-15-17-8-4-3-5-9-17/h3-5,8-9,11-12,16H,6-7,10,13-15H2,1-2H3. The first-order chi connectivity index (χ1) is 12.2. The average Bonchev–Trinajstić information content (AvgIpc) is 2.61. The lowest BCUT2D eigenvalue weighted by Gasteiger charge is -2.31. The molecule has 1 unspecified atom stereocenters. The molecular formula is C21H26INO2. The summed E-state index contributed by atoms with van der Waals surface area (Å²) in [4.78, 5) is 2.55. The molecule has 0 amide bonds. The van der Waals surface area contributed by atoms with Gasteiger partial charge in [0.05, 0.1) is 10.7 Å². The monoisotopic (exact) mass is 451 g/mol. The SMILES string of the molecule is COc1cc(CN2CCCC(C)C2)cc(I)c1OCc1ccccc1. The number of hydrogen-bond donors (Lipinski definition) is 0. The van der Waals surface area contributed by atoms with Crippen molar-refractivity contribution in [3.8, 4) is 11.5 Å². The Kier molecular flexibility index (Phi) is 6.59. The zero-order chi connectivity index (χ0) is 17.6. The van der Waals surface area contributed by atoms with E-state index in [0.29, 0.717) is 6.61 Å². The van der Waals surface area contributed by atoms with E-state index in [-0.39, 0.29) is 0 Å². The molecule has 0 spiro atoms. The van der Waals surface area contributed by atoms with Crippen LogP contribution >= 0.6 is 22.6 Å². The van der Waals surface area contributed by atoms with E-state index in [0.717, 1.165) is 33.1 Å². The van der Waals surface area contributed by atoms with Crippen LogP contribution in [-0.2, 0) is 13.2 Å². The van der Waals surface area contributed by atoms with Gasteiger partial charge < -0.3 is 9.47 Å². The number of ether oxygens (including phenoxy) is 2. The molecule has 1 aliphatic rings. The molecule has 1 atom stereocenters. The number of piperidine rings is 1. The van der Waals surface area contributed by atoms with Crippen LogP contribution in [0.4, 0.5) is 0 Å². The van der Waals surface area contributed by atoms with Crippen LogP contribution in [-0.4, -0.2) is 25.1 Å². The Morgan fingerprint density at radius 1 is 1.16 bits per heavy atom. The van der Waals surface area contributed by atoms with Gasteiger partial charge in [0, 0.05) is 13.1 Å². The molecule has 1 fully saturated rings. The Bertz CT molecular complexity index is 690. The topological polar surface area (TPSA) is 21.7 Å². The molecule has 2 aromatic carbocycles. The predicted molar refractivity (Wildman–Crippen MR) is 110 cm³/mol. The van der Waals surface area contributed by atoms with Gasteiger partial charge in [0.2, 0.25) is 0 Å². The average molecular weight is 451 g/mol. The number of hydrogen-bond acceptors (Lipinski definition) is 3. The summed E-state index contributed by atoms with van der Waals surface area (Å²) in [6, 6.07) is 14.6. The van der Waals surface area contributed by atoms with Crippen LogP contribution in [0.3, 0.4) is 0 Å². The molecule has 3 rings (SSSR count). The molecule has 1 aliphatic heterocycles. The lowest BCUT2D eigenvalue weighted by atomic mass is 10.00. The molecule has 3 nitrogen and oxygen atoms in total. The molecule has 1 heterocycles. The number of halogens is 1. The van der Waals surface area contributed by atoms with E-state index in [4.69, 9.17) is 9.47 Å². The summed E-state index contributed by atoms with van der Waals surface area (Å²) >= 11 is 2.35.